The molecule has 12 unspecified atom stereocenters. The second-order valence-electron chi connectivity index (χ2n) is 19.9. The van der Waals surface area contributed by atoms with Crippen molar-refractivity contribution in [3.05, 3.63) is 66.6 Å². The number of benzene rings is 2. The van der Waals surface area contributed by atoms with Crippen LogP contribution in [0.4, 0.5) is 11.4 Å². The van der Waals surface area contributed by atoms with Crippen molar-refractivity contribution in [1.29, 1.82) is 0 Å². The molecule has 2 aliphatic rings. The minimum Gasteiger partial charge on any atom is -0.481 e. The molecule has 0 bridgehead atoms. The number of ketones is 1. The normalized spacial score (nSPS) is 19.0. The molecule has 84 heavy (non-hydrogen) atoms. The summed E-state index contributed by atoms with van der Waals surface area (Å²) in [5.74, 6) is -17.9. The second-order valence-corrected chi connectivity index (χ2v) is 19.9. The number of carboxylic acids is 2. The SMILES string of the molecule is CCO.CCOC(=O)C(C(CC(C(=O)O)C(C(=O)OCCNC(=O)c1ccc(N(C)C)cc1)C(CC)OC)OC)C(CC(OC)C1C(=O)OC(=O)C1C)C(=O)O.CN(C)c1ccc(C(=O)CCCO)cc1.[CH2+]C1C(=O)OC(=O)C1C(CC)OC. The van der Waals surface area contributed by atoms with E-state index >= 15 is 0 Å². The minimum absolute atomic E-state index is 0.0710. The fourth-order valence-corrected chi connectivity index (χ4v) is 9.41. The molecule has 12 atom stereocenters. The summed E-state index contributed by atoms with van der Waals surface area (Å²) in [7, 11) is 12.8. The zero-order chi connectivity index (χ0) is 64.0. The smallest absolute Gasteiger partial charge is 0.362 e. The van der Waals surface area contributed by atoms with Gasteiger partial charge in [0, 0.05) is 98.8 Å². The molecule has 25 heteroatoms. The molecule has 5 N–H and O–H groups in total. The number of methoxy groups -OCH3 is 4. The van der Waals surface area contributed by atoms with Gasteiger partial charge in [0.25, 0.3) is 5.91 Å². The van der Waals surface area contributed by atoms with Crippen molar-refractivity contribution in [2.24, 2.45) is 47.3 Å². The molecule has 2 aromatic rings. The molecular formula is C59H88N3O22+. The van der Waals surface area contributed by atoms with Crippen LogP contribution >= 0.6 is 0 Å². The summed E-state index contributed by atoms with van der Waals surface area (Å²) >= 11 is 0. The number of aliphatic hydroxyl groups is 2. The Balaban J connectivity index is 0.000000910. The lowest BCUT2D eigenvalue weighted by atomic mass is 9.75. The molecule has 2 aromatic carbocycles. The molecule has 0 radical (unpaired) electrons. The number of carboxylic acid groups (broad SMARTS) is 2. The van der Waals surface area contributed by atoms with E-state index in [0.29, 0.717) is 30.4 Å². The third kappa shape index (κ3) is 22.5. The lowest BCUT2D eigenvalue weighted by Gasteiger charge is -2.35. The predicted octanol–water partition coefficient (Wildman–Crippen LogP) is 4.06. The van der Waals surface area contributed by atoms with Crippen molar-refractivity contribution in [1.82, 2.24) is 5.32 Å². The number of ether oxygens (including phenoxy) is 8. The number of aliphatic hydroxyl groups excluding tert-OH is 2. The Morgan fingerprint density at radius 3 is 1.48 bits per heavy atom. The molecule has 25 nitrogen and oxygen atoms in total. The first-order valence-electron chi connectivity index (χ1n) is 27.6. The molecule has 4 rings (SSSR count). The Bertz CT molecular complexity index is 2410. The highest BCUT2D eigenvalue weighted by Gasteiger charge is 2.52. The molecule has 2 aliphatic heterocycles. The number of cyclic esters (lactones) is 4. The van der Waals surface area contributed by atoms with Crippen molar-refractivity contribution >= 4 is 70.8 Å². The van der Waals surface area contributed by atoms with Gasteiger partial charge in [0.2, 0.25) is 5.92 Å². The van der Waals surface area contributed by atoms with Gasteiger partial charge in [-0.3, -0.25) is 43.2 Å². The van der Waals surface area contributed by atoms with Crippen LogP contribution in [-0.2, 0) is 76.3 Å². The van der Waals surface area contributed by atoms with Gasteiger partial charge in [0.15, 0.2) is 5.78 Å². The van der Waals surface area contributed by atoms with Crippen LogP contribution in [0.3, 0.4) is 0 Å². The van der Waals surface area contributed by atoms with E-state index in [1.165, 1.54) is 35.2 Å². The summed E-state index contributed by atoms with van der Waals surface area (Å²) in [6, 6.07) is 14.3. The monoisotopic (exact) mass is 1190 g/mol. The van der Waals surface area contributed by atoms with Gasteiger partial charge in [0.05, 0.1) is 80.0 Å². The number of carbonyl (C=O) groups excluding carboxylic acids is 8. The Labute approximate surface area is 491 Å². The average Bonchev–Trinajstić information content (AvgIpc) is 3.90. The van der Waals surface area contributed by atoms with Crippen LogP contribution in [0.1, 0.15) is 93.9 Å². The maximum Gasteiger partial charge on any atom is 0.362 e. The number of Topliss-reactive ketones (excluding diaryl/α,β-unsaturated/α-hetero) is 1. The van der Waals surface area contributed by atoms with Crippen molar-refractivity contribution < 1.29 is 106 Å². The van der Waals surface area contributed by atoms with E-state index in [1.807, 2.05) is 69.2 Å². The topological polar surface area (TPSA) is 344 Å². The van der Waals surface area contributed by atoms with E-state index in [0.717, 1.165) is 18.5 Å². The molecule has 0 aromatic heterocycles. The lowest BCUT2D eigenvalue weighted by Crippen LogP contribution is -2.47. The van der Waals surface area contributed by atoms with E-state index in [-0.39, 0.29) is 51.3 Å². The molecule has 470 valence electrons. The van der Waals surface area contributed by atoms with Crippen LogP contribution in [0.5, 0.6) is 0 Å². The van der Waals surface area contributed by atoms with Gasteiger partial charge >= 0.3 is 47.8 Å². The number of hydrogen-bond donors (Lipinski definition) is 5. The van der Waals surface area contributed by atoms with Gasteiger partial charge in [-0.15, -0.1) is 0 Å². The van der Waals surface area contributed by atoms with Gasteiger partial charge in [-0.2, -0.15) is 0 Å². The van der Waals surface area contributed by atoms with Crippen LogP contribution in [0.2, 0.25) is 0 Å². The third-order valence-corrected chi connectivity index (χ3v) is 14.1. The van der Waals surface area contributed by atoms with Gasteiger partial charge in [0.1, 0.15) is 12.5 Å². The van der Waals surface area contributed by atoms with E-state index in [4.69, 9.17) is 43.4 Å². The number of nitrogens with one attached hydrogen (secondary N) is 1. The summed E-state index contributed by atoms with van der Waals surface area (Å²) < 4.78 is 41.4. The van der Waals surface area contributed by atoms with E-state index in [1.54, 1.807) is 38.1 Å². The van der Waals surface area contributed by atoms with Crippen molar-refractivity contribution in [2.45, 2.75) is 97.6 Å². The average molecular weight is 1190 g/mol. The van der Waals surface area contributed by atoms with Gasteiger partial charge in [-0.25, -0.2) is 4.79 Å². The number of rotatable bonds is 31. The van der Waals surface area contributed by atoms with E-state index in [2.05, 4.69) is 17.0 Å². The summed E-state index contributed by atoms with van der Waals surface area (Å²) in [5, 5.41) is 39.7. The second kappa shape index (κ2) is 38.8. The van der Waals surface area contributed by atoms with Gasteiger partial charge < -0.3 is 73.4 Å². The molecule has 2 saturated heterocycles. The maximum atomic E-state index is 13.6. The van der Waals surface area contributed by atoms with Crippen LogP contribution in [0.25, 0.3) is 0 Å². The Morgan fingerprint density at radius 1 is 0.619 bits per heavy atom. The zero-order valence-corrected chi connectivity index (χ0v) is 50.6. The van der Waals surface area contributed by atoms with Gasteiger partial charge in [-0.05, 0) is 94.5 Å². The summed E-state index contributed by atoms with van der Waals surface area (Å²) in [4.78, 5) is 128. The fourth-order valence-electron chi connectivity index (χ4n) is 9.41. The fraction of sp³-hybridized carbons (Fsp3) is 0.610. The summed E-state index contributed by atoms with van der Waals surface area (Å²) in [6.45, 7) is 11.5. The van der Waals surface area contributed by atoms with Crippen LogP contribution in [0.15, 0.2) is 48.5 Å². The van der Waals surface area contributed by atoms with Gasteiger partial charge in [-0.1, -0.05) is 20.8 Å². The maximum absolute atomic E-state index is 13.6. The molecule has 2 fully saturated rings. The van der Waals surface area contributed by atoms with E-state index in [9.17, 15) is 58.2 Å². The lowest BCUT2D eigenvalue weighted by molar-refractivity contribution is -0.172. The number of amides is 1. The largest absolute Gasteiger partial charge is 0.481 e. The van der Waals surface area contributed by atoms with Crippen LogP contribution < -0.4 is 15.1 Å². The number of aliphatic carboxylic acids is 2. The van der Waals surface area contributed by atoms with E-state index < -0.39 is 132 Å². The van der Waals surface area contributed by atoms with Crippen molar-refractivity contribution in [3.63, 3.8) is 0 Å². The van der Waals surface area contributed by atoms with Crippen molar-refractivity contribution in [3.8, 4) is 0 Å². The van der Waals surface area contributed by atoms with Crippen molar-refractivity contribution in [2.75, 3.05) is 99.4 Å². The quantitative estimate of drug-likeness (QED) is 0.0177. The molecule has 1 amide bonds. The van der Waals surface area contributed by atoms with Crippen LogP contribution in [-0.4, -0.2) is 194 Å². The number of nitrogens with zero attached hydrogens (tertiary/aromatic N) is 2. The first-order valence-corrected chi connectivity index (χ1v) is 27.6. The minimum atomic E-state index is -1.67. The predicted molar refractivity (Wildman–Crippen MR) is 304 cm³/mol. The third-order valence-electron chi connectivity index (χ3n) is 14.1. The number of carbonyl (C=O) groups is 10. The molecule has 0 aliphatic carbocycles. The highest BCUT2D eigenvalue weighted by Crippen LogP contribution is 2.37. The zero-order valence-electron chi connectivity index (χ0n) is 50.6. The first-order chi connectivity index (χ1) is 39.7. The molecule has 0 saturated carbocycles. The number of esters is 6. The Morgan fingerprint density at radius 2 is 1.08 bits per heavy atom. The highest BCUT2D eigenvalue weighted by molar-refractivity contribution is 5.98. The molecule has 2 heterocycles. The van der Waals surface area contributed by atoms with Crippen LogP contribution in [0, 0.1) is 54.3 Å². The molecular weight excluding hydrogens is 1100 g/mol. The summed E-state index contributed by atoms with van der Waals surface area (Å²) in [5.41, 5.74) is 3.06. The first kappa shape index (κ1) is 75.0. The Hall–Kier alpha value is -7.03. The highest BCUT2D eigenvalue weighted by atomic mass is 16.6. The summed E-state index contributed by atoms with van der Waals surface area (Å²) in [6.07, 6.45) is -3.22. The Kier molecular flexibility index (Phi) is 34.6. The molecule has 0 spiro atoms. The number of hydrogen-bond acceptors (Lipinski definition) is 22. The number of anilines is 2. The standard InChI is InChI=1S/C36H52N2O15.C12H17NO2.C9H13O4.C2H6O/c1-9-24(48-6)28(35(46)52-16-15-37-30(39)20-11-13-21(14-12-20)38(4)5)22(31(40)41)18-26(50-8)29(34(45)51-10-2)23(32(42)43)17-25(49-7)27-19(3)33(44)53-36(27)47;1-13(2)11-7-5-10(6-8-11)12(15)4-3-9-14;1-4-6(12-3)7-5(2)8(10)13-9(7)11;1-2-3/h11-14,19,22-29H,9-10,15-18H2,1-8H3,(H,37,39)(H,40,41)(H,42,43);5-8,14H,3-4,9H2,1-2H3;5-7H,2,4H2,1,3H3;3H,2H2,1H3/q;;+1;.